The summed E-state index contributed by atoms with van der Waals surface area (Å²) in [6, 6.07) is 4.07. The van der Waals surface area contributed by atoms with Crippen LogP contribution in [0.25, 0.3) is 0 Å². The molecule has 1 aliphatic heterocycles. The molecule has 5 heteroatoms. The average Bonchev–Trinajstić information content (AvgIpc) is 3.05. The molecular formula is C17H24N4O. The third-order valence-electron chi connectivity index (χ3n) is 4.52. The number of ether oxygens (including phenoxy) is 1. The predicted octanol–water partition coefficient (Wildman–Crippen LogP) is 2.30. The lowest BCUT2D eigenvalue weighted by atomic mass is 9.94. The summed E-state index contributed by atoms with van der Waals surface area (Å²) in [5.74, 6) is 0.498. The monoisotopic (exact) mass is 300 g/mol. The molecule has 0 saturated carbocycles. The van der Waals surface area contributed by atoms with Crippen LogP contribution >= 0.6 is 0 Å². The molecule has 3 rings (SSSR count). The molecular weight excluding hydrogens is 276 g/mol. The molecule has 0 radical (unpaired) electrons. The normalized spacial score (nSPS) is 21.4. The predicted molar refractivity (Wildman–Crippen MR) is 85.4 cm³/mol. The van der Waals surface area contributed by atoms with Crippen LogP contribution in [0.3, 0.4) is 0 Å². The summed E-state index contributed by atoms with van der Waals surface area (Å²) in [6.45, 7) is 6.83. The quantitative estimate of drug-likeness (QED) is 0.920. The summed E-state index contributed by atoms with van der Waals surface area (Å²) >= 11 is 0. The van der Waals surface area contributed by atoms with Crippen molar-refractivity contribution in [2.45, 2.75) is 32.9 Å². The maximum Gasteiger partial charge on any atom is 0.0901 e. The van der Waals surface area contributed by atoms with E-state index in [9.17, 15) is 0 Å². The molecule has 0 amide bonds. The molecule has 2 aromatic heterocycles. The smallest absolute Gasteiger partial charge is 0.0901 e. The van der Waals surface area contributed by atoms with E-state index < -0.39 is 0 Å². The second kappa shape index (κ2) is 6.58. The Morgan fingerprint density at radius 3 is 2.95 bits per heavy atom. The molecule has 118 valence electrons. The van der Waals surface area contributed by atoms with Gasteiger partial charge >= 0.3 is 0 Å². The summed E-state index contributed by atoms with van der Waals surface area (Å²) in [4.78, 5) is 4.15. The third kappa shape index (κ3) is 3.05. The topological polar surface area (TPSA) is 52.0 Å². The van der Waals surface area contributed by atoms with Gasteiger partial charge in [0.05, 0.1) is 11.8 Å². The van der Waals surface area contributed by atoms with Gasteiger partial charge < -0.3 is 10.1 Å². The van der Waals surface area contributed by atoms with Crippen molar-refractivity contribution in [2.75, 3.05) is 13.2 Å². The second-order valence-corrected chi connectivity index (χ2v) is 6.04. The van der Waals surface area contributed by atoms with Gasteiger partial charge in [-0.3, -0.25) is 9.67 Å². The minimum absolute atomic E-state index is 0.162. The van der Waals surface area contributed by atoms with Gasteiger partial charge in [-0.05, 0) is 31.9 Å². The third-order valence-corrected chi connectivity index (χ3v) is 4.52. The Morgan fingerprint density at radius 2 is 2.27 bits per heavy atom. The standard InChI is InChI=1S/C17H24N4O/c1-12-16(13(2)21(3)20-12)17-15(6-8-22-17)11-19-10-14-5-4-7-18-9-14/h4-5,7,9,15,17,19H,6,8,10-11H2,1-3H3/t15-,17+/m1/s1. The van der Waals surface area contributed by atoms with Gasteiger partial charge in [0.25, 0.3) is 0 Å². The average molecular weight is 300 g/mol. The fourth-order valence-corrected chi connectivity index (χ4v) is 3.27. The van der Waals surface area contributed by atoms with Crippen molar-refractivity contribution >= 4 is 0 Å². The molecule has 22 heavy (non-hydrogen) atoms. The van der Waals surface area contributed by atoms with Crippen molar-refractivity contribution in [3.8, 4) is 0 Å². The highest BCUT2D eigenvalue weighted by molar-refractivity contribution is 5.28. The van der Waals surface area contributed by atoms with Gasteiger partial charge in [0.1, 0.15) is 0 Å². The Labute approximate surface area is 131 Å². The van der Waals surface area contributed by atoms with Crippen LogP contribution in [0, 0.1) is 19.8 Å². The van der Waals surface area contributed by atoms with E-state index in [1.54, 1.807) is 6.20 Å². The van der Waals surface area contributed by atoms with E-state index in [-0.39, 0.29) is 6.10 Å². The summed E-state index contributed by atoms with van der Waals surface area (Å²) < 4.78 is 7.97. The highest BCUT2D eigenvalue weighted by atomic mass is 16.5. The zero-order chi connectivity index (χ0) is 15.5. The van der Waals surface area contributed by atoms with Crippen LogP contribution in [-0.2, 0) is 18.3 Å². The molecule has 1 saturated heterocycles. The van der Waals surface area contributed by atoms with Crippen molar-refractivity contribution in [3.63, 3.8) is 0 Å². The van der Waals surface area contributed by atoms with Gasteiger partial charge in [-0.15, -0.1) is 0 Å². The lowest BCUT2D eigenvalue weighted by molar-refractivity contribution is 0.0893. The molecule has 5 nitrogen and oxygen atoms in total. The SMILES string of the molecule is Cc1nn(C)c(C)c1[C@H]1OCC[C@@H]1CNCc1cccnc1. The van der Waals surface area contributed by atoms with Crippen LogP contribution < -0.4 is 5.32 Å². The van der Waals surface area contributed by atoms with Crippen LogP contribution in [0.2, 0.25) is 0 Å². The molecule has 3 heterocycles. The summed E-state index contributed by atoms with van der Waals surface area (Å²) in [7, 11) is 2.00. The number of hydrogen-bond donors (Lipinski definition) is 1. The molecule has 2 aromatic rings. The number of nitrogens with one attached hydrogen (secondary N) is 1. The number of hydrogen-bond acceptors (Lipinski definition) is 4. The Balaban J connectivity index is 1.63. The van der Waals surface area contributed by atoms with Gasteiger partial charge in [-0.2, -0.15) is 5.10 Å². The number of pyridine rings is 1. The van der Waals surface area contributed by atoms with Gasteiger partial charge in [0.2, 0.25) is 0 Å². The van der Waals surface area contributed by atoms with E-state index in [1.165, 1.54) is 16.8 Å². The van der Waals surface area contributed by atoms with Crippen LogP contribution in [-0.4, -0.2) is 27.9 Å². The number of nitrogens with zero attached hydrogens (tertiary/aromatic N) is 3. The maximum absolute atomic E-state index is 6.02. The van der Waals surface area contributed by atoms with E-state index in [4.69, 9.17) is 4.74 Å². The fraction of sp³-hybridized carbons (Fsp3) is 0.529. The van der Waals surface area contributed by atoms with Crippen LogP contribution in [0.15, 0.2) is 24.5 Å². The van der Waals surface area contributed by atoms with Gasteiger partial charge in [0, 0.05) is 56.3 Å². The molecule has 0 bridgehead atoms. The highest BCUT2D eigenvalue weighted by Gasteiger charge is 2.33. The lowest BCUT2D eigenvalue weighted by Gasteiger charge is -2.20. The van der Waals surface area contributed by atoms with Crippen molar-refractivity contribution in [3.05, 3.63) is 47.0 Å². The Hall–Kier alpha value is -1.72. The van der Waals surface area contributed by atoms with Crippen LogP contribution in [0.4, 0.5) is 0 Å². The molecule has 2 atom stereocenters. The highest BCUT2D eigenvalue weighted by Crippen LogP contribution is 2.37. The number of aryl methyl sites for hydroxylation is 2. The Kier molecular flexibility index (Phi) is 4.55. The molecule has 0 aliphatic carbocycles. The molecule has 0 unspecified atom stereocenters. The second-order valence-electron chi connectivity index (χ2n) is 6.04. The number of rotatable bonds is 5. The summed E-state index contributed by atoms with van der Waals surface area (Å²) in [6.07, 6.45) is 4.97. The largest absolute Gasteiger partial charge is 0.373 e. The van der Waals surface area contributed by atoms with E-state index >= 15 is 0 Å². The first-order valence-corrected chi connectivity index (χ1v) is 7.88. The molecule has 0 spiro atoms. The van der Waals surface area contributed by atoms with E-state index in [0.29, 0.717) is 5.92 Å². The van der Waals surface area contributed by atoms with Crippen molar-refractivity contribution in [1.82, 2.24) is 20.1 Å². The zero-order valence-electron chi connectivity index (χ0n) is 13.5. The van der Waals surface area contributed by atoms with Gasteiger partial charge in [0.15, 0.2) is 0 Å². The first-order chi connectivity index (χ1) is 10.7. The van der Waals surface area contributed by atoms with Gasteiger partial charge in [-0.25, -0.2) is 0 Å². The molecule has 1 aliphatic rings. The minimum Gasteiger partial charge on any atom is -0.373 e. The summed E-state index contributed by atoms with van der Waals surface area (Å²) in [5, 5.41) is 8.07. The zero-order valence-corrected chi connectivity index (χ0v) is 13.5. The van der Waals surface area contributed by atoms with E-state index in [0.717, 1.165) is 31.8 Å². The van der Waals surface area contributed by atoms with Crippen LogP contribution in [0.1, 0.15) is 35.0 Å². The summed E-state index contributed by atoms with van der Waals surface area (Å²) in [5.41, 5.74) is 4.78. The first-order valence-electron chi connectivity index (χ1n) is 7.88. The van der Waals surface area contributed by atoms with E-state index in [2.05, 4.69) is 35.3 Å². The van der Waals surface area contributed by atoms with Crippen LogP contribution in [0.5, 0.6) is 0 Å². The van der Waals surface area contributed by atoms with Crippen molar-refractivity contribution in [2.24, 2.45) is 13.0 Å². The fourth-order valence-electron chi connectivity index (χ4n) is 3.27. The lowest BCUT2D eigenvalue weighted by Crippen LogP contribution is -2.25. The molecule has 1 fully saturated rings. The Morgan fingerprint density at radius 1 is 1.41 bits per heavy atom. The first kappa shape index (κ1) is 15.2. The minimum atomic E-state index is 0.162. The number of aromatic nitrogens is 3. The van der Waals surface area contributed by atoms with Crippen molar-refractivity contribution in [1.29, 1.82) is 0 Å². The molecule has 1 N–H and O–H groups in total. The van der Waals surface area contributed by atoms with E-state index in [1.807, 2.05) is 24.0 Å². The van der Waals surface area contributed by atoms with Gasteiger partial charge in [-0.1, -0.05) is 6.07 Å². The Bertz CT molecular complexity index is 623. The molecule has 0 aromatic carbocycles. The maximum atomic E-state index is 6.02. The van der Waals surface area contributed by atoms with Crippen molar-refractivity contribution < 1.29 is 4.74 Å².